The maximum absolute atomic E-state index is 7.77. The summed E-state index contributed by atoms with van der Waals surface area (Å²) < 4.78 is 1.43. The summed E-state index contributed by atoms with van der Waals surface area (Å²) in [6, 6.07) is 0. The number of unbranched alkanes of at least 4 members (excludes halogenated alkanes) is 1. The van der Waals surface area contributed by atoms with Gasteiger partial charge in [-0.25, -0.2) is 0 Å². The largest absolute Gasteiger partial charge is 0.790 e. The Morgan fingerprint density at radius 1 is 0.824 bits per heavy atom. The summed E-state index contributed by atoms with van der Waals surface area (Å²) in [6.07, 6.45) is 2.80. The first kappa shape index (κ1) is 27.1. The van der Waals surface area contributed by atoms with Gasteiger partial charge in [-0.05, 0) is 0 Å². The summed E-state index contributed by atoms with van der Waals surface area (Å²) >= 11 is 14.6. The fourth-order valence-electron chi connectivity index (χ4n) is 0.177. The summed E-state index contributed by atoms with van der Waals surface area (Å²) in [7, 11) is 0. The van der Waals surface area contributed by atoms with Crippen molar-refractivity contribution in [1.29, 1.82) is 0 Å². The molecular formula is C10H24O3S3Sn. The second kappa shape index (κ2) is 43.1. The molecule has 0 bridgehead atoms. The van der Waals surface area contributed by atoms with Gasteiger partial charge in [0.15, 0.2) is 0 Å². The zero-order valence-electron chi connectivity index (χ0n) is 10.4. The summed E-state index contributed by atoms with van der Waals surface area (Å²) in [5.74, 6) is 1.38. The Balaban J connectivity index is -0.0000000667. The topological polar surface area (TPSA) is 60.7 Å². The first-order valence-corrected chi connectivity index (χ1v) is 9.13. The third kappa shape index (κ3) is 96.9. The van der Waals surface area contributed by atoms with Crippen molar-refractivity contribution >= 4 is 60.4 Å². The van der Waals surface area contributed by atoms with E-state index in [1.807, 2.05) is 0 Å². The molecule has 0 saturated heterocycles. The molecule has 0 saturated carbocycles. The molecule has 104 valence electrons. The van der Waals surface area contributed by atoms with Crippen molar-refractivity contribution in [3.8, 4) is 0 Å². The van der Waals surface area contributed by atoms with Crippen LogP contribution in [0.2, 0.25) is 4.44 Å². The zero-order valence-corrected chi connectivity index (χ0v) is 15.7. The molecule has 0 heterocycles. The van der Waals surface area contributed by atoms with Crippen molar-refractivity contribution in [1.82, 2.24) is 0 Å². The predicted octanol–water partition coefficient (Wildman–Crippen LogP) is -0.0499. The standard InChI is InChI=1S/C4H9.3C2H6OS.Sn/c1-3-4-2;3*3-1-2-4;/h1,3-4H2,2H3;3*3-4H,1-2H2;/q;;;;+3/p-3. The van der Waals surface area contributed by atoms with E-state index in [0.29, 0.717) is 17.3 Å². The average Bonchev–Trinajstić information content (AvgIpc) is 2.40. The molecule has 0 aliphatic rings. The Kier molecular flexibility index (Phi) is 68.8. The Labute approximate surface area is 136 Å². The smallest absolute Gasteiger partial charge is 0.0213 e. The molecule has 3 N–H and O–H groups in total. The van der Waals surface area contributed by atoms with Crippen LogP contribution in [0.5, 0.6) is 0 Å². The van der Waals surface area contributed by atoms with E-state index in [4.69, 9.17) is 15.3 Å². The Hall–Kier alpha value is 1.73. The molecule has 17 heavy (non-hydrogen) atoms. The van der Waals surface area contributed by atoms with Crippen LogP contribution in [-0.4, -0.2) is 74.9 Å². The van der Waals surface area contributed by atoms with E-state index in [1.54, 1.807) is 22.5 Å². The molecule has 0 atom stereocenters. The summed E-state index contributed by atoms with van der Waals surface area (Å²) in [5, 5.41) is 23.3. The van der Waals surface area contributed by atoms with Crippen LogP contribution in [0.4, 0.5) is 0 Å². The second-order valence-electron chi connectivity index (χ2n) is 2.39. The van der Waals surface area contributed by atoms with Crippen LogP contribution >= 0.6 is 0 Å². The summed E-state index contributed by atoms with van der Waals surface area (Å²) in [5.41, 5.74) is 0. The first-order valence-electron chi connectivity index (χ1n) is 5.38. The van der Waals surface area contributed by atoms with Gasteiger partial charge in [0.1, 0.15) is 0 Å². The van der Waals surface area contributed by atoms with Crippen LogP contribution in [0.15, 0.2) is 0 Å². The third-order valence-corrected chi connectivity index (χ3v) is 2.36. The summed E-state index contributed by atoms with van der Waals surface area (Å²) in [6.45, 7) is 2.63. The van der Waals surface area contributed by atoms with Crippen molar-refractivity contribution in [3.63, 3.8) is 0 Å². The molecule has 0 spiro atoms. The van der Waals surface area contributed by atoms with Crippen molar-refractivity contribution < 1.29 is 15.3 Å². The number of aliphatic hydroxyl groups excluding tert-OH is 3. The third-order valence-electron chi connectivity index (χ3n) is 0.804. The van der Waals surface area contributed by atoms with Crippen molar-refractivity contribution in [2.24, 2.45) is 0 Å². The Bertz CT molecular complexity index is 66.3. The maximum atomic E-state index is 7.77. The van der Waals surface area contributed by atoms with Crippen molar-refractivity contribution in [2.45, 2.75) is 24.2 Å². The fourth-order valence-corrected chi connectivity index (χ4v) is 1.19. The van der Waals surface area contributed by atoms with Crippen molar-refractivity contribution in [2.75, 3.05) is 37.1 Å². The summed E-state index contributed by atoms with van der Waals surface area (Å²) in [4.78, 5) is 0. The normalized spacial score (nSPS) is 7.82. The molecule has 0 aliphatic heterocycles. The van der Waals surface area contributed by atoms with Crippen LogP contribution in [-0.2, 0) is 37.9 Å². The minimum Gasteiger partial charge on any atom is -0.790 e. The van der Waals surface area contributed by atoms with Crippen molar-refractivity contribution in [3.05, 3.63) is 0 Å². The fraction of sp³-hybridized carbons (Fsp3) is 1.00. The molecule has 0 aromatic heterocycles. The quantitative estimate of drug-likeness (QED) is 0.439. The second-order valence-corrected chi connectivity index (χ2v) is 5.04. The SMILES string of the molecule is CCC[CH2][Sn+3].OCC[S-].OCC[S-].OCC[S-]. The molecule has 0 fully saturated rings. The average molecular weight is 407 g/mol. The Morgan fingerprint density at radius 2 is 1.06 bits per heavy atom. The minimum absolute atomic E-state index is 0.134. The number of hydrogen-bond acceptors (Lipinski definition) is 6. The molecule has 0 rings (SSSR count). The van der Waals surface area contributed by atoms with Gasteiger partial charge in [0.05, 0.1) is 0 Å². The number of aliphatic hydroxyl groups is 3. The molecule has 7 heteroatoms. The van der Waals surface area contributed by atoms with Gasteiger partial charge in [0, 0.05) is 19.8 Å². The van der Waals surface area contributed by atoms with E-state index in [9.17, 15) is 0 Å². The maximum Gasteiger partial charge on any atom is 0.0213 e. The first-order chi connectivity index (χ1) is 8.16. The van der Waals surface area contributed by atoms with E-state index in [-0.39, 0.29) is 19.8 Å². The predicted molar refractivity (Wildman–Crippen MR) is 83.4 cm³/mol. The van der Waals surface area contributed by atoms with E-state index < -0.39 is 0 Å². The van der Waals surface area contributed by atoms with Crippen LogP contribution in [0.25, 0.3) is 0 Å². The van der Waals surface area contributed by atoms with E-state index in [0.717, 1.165) is 0 Å². The molecule has 0 unspecified atom stereocenters. The van der Waals surface area contributed by atoms with E-state index in [1.165, 1.54) is 17.3 Å². The minimum atomic E-state index is 0.134. The molecule has 0 aromatic rings. The van der Waals surface area contributed by atoms with Gasteiger partial charge in [-0.15, -0.1) is 0 Å². The molecule has 0 aromatic carbocycles. The zero-order chi connectivity index (χ0) is 14.4. The monoisotopic (exact) mass is 408 g/mol. The van der Waals surface area contributed by atoms with Gasteiger partial charge in [0.2, 0.25) is 0 Å². The van der Waals surface area contributed by atoms with Crippen LogP contribution < -0.4 is 0 Å². The van der Waals surface area contributed by atoms with Gasteiger partial charge in [-0.2, -0.15) is 17.3 Å². The van der Waals surface area contributed by atoms with E-state index in [2.05, 4.69) is 44.8 Å². The van der Waals surface area contributed by atoms with Gasteiger partial charge < -0.3 is 53.2 Å². The molecular weight excluding hydrogens is 383 g/mol. The van der Waals surface area contributed by atoms with Gasteiger partial charge >= 0.3 is 46.7 Å². The van der Waals surface area contributed by atoms with Gasteiger partial charge in [0.25, 0.3) is 0 Å². The number of hydrogen-bond donors (Lipinski definition) is 3. The van der Waals surface area contributed by atoms with Gasteiger partial charge in [-0.1, -0.05) is 0 Å². The van der Waals surface area contributed by atoms with Gasteiger partial charge in [-0.3, -0.25) is 0 Å². The molecule has 3 nitrogen and oxygen atoms in total. The molecule has 0 amide bonds. The van der Waals surface area contributed by atoms with Crippen LogP contribution in [0.3, 0.4) is 0 Å². The van der Waals surface area contributed by atoms with E-state index >= 15 is 0 Å². The van der Waals surface area contributed by atoms with Crippen LogP contribution in [0, 0.1) is 0 Å². The Morgan fingerprint density at radius 3 is 1.06 bits per heavy atom. The molecule has 0 radical (unpaired) electrons. The van der Waals surface area contributed by atoms with Crippen LogP contribution in [0.1, 0.15) is 19.8 Å². The number of rotatable bonds is 5. The molecule has 0 aliphatic carbocycles.